The van der Waals surface area contributed by atoms with Gasteiger partial charge in [0.05, 0.1) is 0 Å². The summed E-state index contributed by atoms with van der Waals surface area (Å²) < 4.78 is 12.3. The number of hydrogen-bond donors (Lipinski definition) is 1. The van der Waals surface area contributed by atoms with Crippen molar-refractivity contribution in [1.29, 1.82) is 0 Å². The molecule has 1 saturated carbocycles. The van der Waals surface area contributed by atoms with Gasteiger partial charge in [-0.1, -0.05) is 46.5 Å². The summed E-state index contributed by atoms with van der Waals surface area (Å²) in [6, 6.07) is 0.491. The van der Waals surface area contributed by atoms with Crippen molar-refractivity contribution < 1.29 is 4.21 Å². The van der Waals surface area contributed by atoms with Gasteiger partial charge < -0.3 is 5.32 Å². The highest BCUT2D eigenvalue weighted by atomic mass is 32.2. The Hall–Kier alpha value is 0.110. The summed E-state index contributed by atoms with van der Waals surface area (Å²) in [5.41, 5.74) is 0. The molecule has 3 atom stereocenters. The van der Waals surface area contributed by atoms with E-state index in [0.29, 0.717) is 12.0 Å². The lowest BCUT2D eigenvalue weighted by Gasteiger charge is -2.31. The van der Waals surface area contributed by atoms with Crippen LogP contribution in [0.1, 0.15) is 65.7 Å². The lowest BCUT2D eigenvalue weighted by molar-refractivity contribution is 0.284. The summed E-state index contributed by atoms with van der Waals surface area (Å²) in [4.78, 5) is 0. The molecule has 0 spiro atoms. The second-order valence-corrected chi connectivity index (χ2v) is 7.79. The van der Waals surface area contributed by atoms with Crippen LogP contribution in [0.4, 0.5) is 0 Å². The van der Waals surface area contributed by atoms with E-state index < -0.39 is 10.8 Å². The van der Waals surface area contributed by atoms with Crippen LogP contribution in [-0.2, 0) is 10.8 Å². The highest BCUT2D eigenvalue weighted by molar-refractivity contribution is 7.85. The standard InChI is InChI=1S/C16H33NOS/c1-4-11-17-16(15-9-7-6-8-10-15)13-19(18)12-14(3)5-2/h14-17H,4-13H2,1-3H3. The Morgan fingerprint density at radius 1 is 1.16 bits per heavy atom. The maximum Gasteiger partial charge on any atom is 0.0391 e. The van der Waals surface area contributed by atoms with Crippen molar-refractivity contribution in [2.24, 2.45) is 11.8 Å². The molecule has 2 nitrogen and oxygen atoms in total. The Balaban J connectivity index is 2.45. The van der Waals surface area contributed by atoms with Crippen molar-refractivity contribution in [3.8, 4) is 0 Å². The molecule has 1 aliphatic carbocycles. The van der Waals surface area contributed by atoms with Gasteiger partial charge in [-0.3, -0.25) is 4.21 Å². The lowest BCUT2D eigenvalue weighted by atomic mass is 9.84. The van der Waals surface area contributed by atoms with Crippen LogP contribution in [0.3, 0.4) is 0 Å². The van der Waals surface area contributed by atoms with E-state index in [0.717, 1.165) is 30.4 Å². The monoisotopic (exact) mass is 287 g/mol. The van der Waals surface area contributed by atoms with Crippen LogP contribution in [0.25, 0.3) is 0 Å². The summed E-state index contributed by atoms with van der Waals surface area (Å²) in [5.74, 6) is 3.11. The molecule has 1 fully saturated rings. The topological polar surface area (TPSA) is 29.1 Å². The Bertz CT molecular complexity index is 251. The van der Waals surface area contributed by atoms with Crippen molar-refractivity contribution in [1.82, 2.24) is 5.32 Å². The first-order chi connectivity index (χ1) is 9.17. The molecule has 114 valence electrons. The van der Waals surface area contributed by atoms with E-state index in [4.69, 9.17) is 0 Å². The average molecular weight is 288 g/mol. The van der Waals surface area contributed by atoms with Gasteiger partial charge >= 0.3 is 0 Å². The predicted molar refractivity (Wildman–Crippen MR) is 86.0 cm³/mol. The van der Waals surface area contributed by atoms with Crippen molar-refractivity contribution in [2.45, 2.75) is 71.8 Å². The molecule has 0 amide bonds. The highest BCUT2D eigenvalue weighted by Crippen LogP contribution is 2.27. The SMILES string of the molecule is CCCNC(CS(=O)CC(C)CC)C1CCCCC1. The van der Waals surface area contributed by atoms with Crippen molar-refractivity contribution >= 4 is 10.8 Å². The summed E-state index contributed by atoms with van der Waals surface area (Å²) in [7, 11) is -0.648. The minimum atomic E-state index is -0.648. The maximum atomic E-state index is 12.3. The first-order valence-corrected chi connectivity index (χ1v) is 9.74. The van der Waals surface area contributed by atoms with Gasteiger partial charge in [-0.05, 0) is 37.6 Å². The van der Waals surface area contributed by atoms with E-state index in [1.54, 1.807) is 0 Å². The van der Waals surface area contributed by atoms with E-state index in [1.807, 2.05) is 0 Å². The molecule has 0 aromatic heterocycles. The van der Waals surface area contributed by atoms with Gasteiger partial charge in [0.1, 0.15) is 0 Å². The second kappa shape index (κ2) is 9.93. The summed E-state index contributed by atoms with van der Waals surface area (Å²) >= 11 is 0. The fourth-order valence-corrected chi connectivity index (χ4v) is 4.73. The third kappa shape index (κ3) is 6.89. The van der Waals surface area contributed by atoms with Crippen LogP contribution in [0.5, 0.6) is 0 Å². The fraction of sp³-hybridized carbons (Fsp3) is 1.00. The van der Waals surface area contributed by atoms with Gasteiger partial charge in [-0.25, -0.2) is 0 Å². The van der Waals surface area contributed by atoms with Crippen LogP contribution in [0, 0.1) is 11.8 Å². The smallest absolute Gasteiger partial charge is 0.0391 e. The zero-order valence-corrected chi connectivity index (χ0v) is 13.9. The molecule has 3 unspecified atom stereocenters. The third-order valence-electron chi connectivity index (χ3n) is 4.41. The molecule has 0 radical (unpaired) electrons. The van der Waals surface area contributed by atoms with Crippen molar-refractivity contribution in [2.75, 3.05) is 18.1 Å². The Morgan fingerprint density at radius 3 is 2.42 bits per heavy atom. The van der Waals surface area contributed by atoms with E-state index >= 15 is 0 Å². The number of hydrogen-bond acceptors (Lipinski definition) is 2. The van der Waals surface area contributed by atoms with Crippen molar-refractivity contribution in [3.63, 3.8) is 0 Å². The van der Waals surface area contributed by atoms with Gasteiger partial charge in [0.15, 0.2) is 0 Å². The second-order valence-electron chi connectivity index (χ2n) is 6.25. The molecule has 0 aliphatic heterocycles. The molecule has 0 aromatic carbocycles. The normalized spacial score (nSPS) is 22.1. The highest BCUT2D eigenvalue weighted by Gasteiger charge is 2.25. The van der Waals surface area contributed by atoms with E-state index in [1.165, 1.54) is 38.5 Å². The van der Waals surface area contributed by atoms with Crippen LogP contribution >= 0.6 is 0 Å². The van der Waals surface area contributed by atoms with Gasteiger partial charge in [-0.15, -0.1) is 0 Å². The molecule has 0 heterocycles. The van der Waals surface area contributed by atoms with E-state index in [9.17, 15) is 4.21 Å². The molecule has 19 heavy (non-hydrogen) atoms. The zero-order valence-electron chi connectivity index (χ0n) is 13.1. The summed E-state index contributed by atoms with van der Waals surface area (Å²) in [5, 5.41) is 3.67. The van der Waals surface area contributed by atoms with Gasteiger partial charge in [0.2, 0.25) is 0 Å². The van der Waals surface area contributed by atoms with Crippen molar-refractivity contribution in [3.05, 3.63) is 0 Å². The predicted octanol–water partition coefficient (Wildman–Crippen LogP) is 3.73. The minimum Gasteiger partial charge on any atom is -0.313 e. The fourth-order valence-electron chi connectivity index (χ4n) is 2.93. The van der Waals surface area contributed by atoms with E-state index in [-0.39, 0.29) is 0 Å². The number of nitrogens with one attached hydrogen (secondary N) is 1. The lowest BCUT2D eigenvalue weighted by Crippen LogP contribution is -2.42. The molecule has 1 N–H and O–H groups in total. The summed E-state index contributed by atoms with van der Waals surface area (Å²) in [6.07, 6.45) is 9.11. The maximum absolute atomic E-state index is 12.3. The Morgan fingerprint density at radius 2 is 1.84 bits per heavy atom. The average Bonchev–Trinajstić information content (AvgIpc) is 2.44. The first kappa shape index (κ1) is 17.2. The van der Waals surface area contributed by atoms with Crippen LogP contribution in [-0.4, -0.2) is 28.3 Å². The zero-order chi connectivity index (χ0) is 14.1. The van der Waals surface area contributed by atoms with Gasteiger partial charge in [0.25, 0.3) is 0 Å². The largest absolute Gasteiger partial charge is 0.313 e. The molecule has 1 rings (SSSR count). The molecule has 0 saturated heterocycles. The molecular formula is C16H33NOS. The molecule has 3 heteroatoms. The van der Waals surface area contributed by atoms with E-state index in [2.05, 4.69) is 26.1 Å². The van der Waals surface area contributed by atoms with Crippen LogP contribution in [0.2, 0.25) is 0 Å². The number of rotatable bonds is 9. The quantitative estimate of drug-likeness (QED) is 0.700. The van der Waals surface area contributed by atoms with Crippen LogP contribution in [0.15, 0.2) is 0 Å². The Labute approximate surface area is 122 Å². The van der Waals surface area contributed by atoms with Gasteiger partial charge in [0, 0.05) is 28.3 Å². The molecular weight excluding hydrogens is 254 g/mol. The minimum absolute atomic E-state index is 0.491. The third-order valence-corrected chi connectivity index (χ3v) is 6.08. The molecule has 1 aliphatic rings. The summed E-state index contributed by atoms with van der Waals surface area (Å²) in [6.45, 7) is 7.69. The van der Waals surface area contributed by atoms with Crippen LogP contribution < -0.4 is 5.32 Å². The molecule has 0 aromatic rings. The molecule has 0 bridgehead atoms. The van der Waals surface area contributed by atoms with Gasteiger partial charge in [-0.2, -0.15) is 0 Å². The Kier molecular flexibility index (Phi) is 8.97. The first-order valence-electron chi connectivity index (χ1n) is 8.25.